The van der Waals surface area contributed by atoms with Gasteiger partial charge in [-0.2, -0.15) is 9.97 Å². The van der Waals surface area contributed by atoms with Crippen molar-refractivity contribution >= 4 is 55.6 Å². The molecule has 49 heavy (non-hydrogen) atoms. The maximum absolute atomic E-state index is 13.6. The lowest BCUT2D eigenvalue weighted by Gasteiger charge is -2.26. The lowest BCUT2D eigenvalue weighted by atomic mass is 10.00. The summed E-state index contributed by atoms with van der Waals surface area (Å²) in [5, 5.41) is 11.2. The summed E-state index contributed by atoms with van der Waals surface area (Å²) in [6.07, 6.45) is -7.60. The van der Waals surface area contributed by atoms with Crippen LogP contribution in [-0.2, 0) is 41.7 Å². The number of nitrogens with two attached hydrogens (primary N) is 2. The number of esters is 1. The number of H-pyrrole nitrogens is 2. The zero-order valence-electron chi connectivity index (χ0n) is 25.0. The Morgan fingerprint density at radius 3 is 2.08 bits per heavy atom. The number of fused-ring (bicyclic) bond motifs is 5. The highest BCUT2D eigenvalue weighted by atomic mass is 31.2. The molecule has 24 nitrogen and oxygen atoms in total. The van der Waals surface area contributed by atoms with Crippen molar-refractivity contribution in [2.45, 2.75) is 36.9 Å². The fraction of sp³-hybridized carbons (Fsp3) is 0.522. The van der Waals surface area contributed by atoms with Crippen molar-refractivity contribution < 1.29 is 56.6 Å². The van der Waals surface area contributed by atoms with Crippen LogP contribution in [0.3, 0.4) is 0 Å². The summed E-state index contributed by atoms with van der Waals surface area (Å²) in [7, 11) is -8.87. The number of aromatic amines is 2. The number of carbonyl (C=O) groups excluding carboxylic acids is 1. The molecule has 0 saturated carbocycles. The number of ether oxygens (including phenoxy) is 3. The molecule has 7 heterocycles. The number of methoxy groups -OCH3 is 1. The molecular formula is C23H28N10O14P2. The van der Waals surface area contributed by atoms with Crippen LogP contribution in [0.4, 0.5) is 11.9 Å². The molecule has 0 spiro atoms. The van der Waals surface area contributed by atoms with Gasteiger partial charge in [0.15, 0.2) is 28.6 Å². The number of aromatic nitrogens is 8. The van der Waals surface area contributed by atoms with Crippen molar-refractivity contribution in [3.63, 3.8) is 0 Å². The van der Waals surface area contributed by atoms with Gasteiger partial charge in [0.05, 0.1) is 45.2 Å². The largest absolute Gasteiger partial charge is 0.472 e. The molecule has 3 aliphatic heterocycles. The van der Waals surface area contributed by atoms with Crippen molar-refractivity contribution in [2.24, 2.45) is 11.8 Å². The first-order valence-corrected chi connectivity index (χ1v) is 17.6. The first kappa shape index (κ1) is 33.4. The number of aliphatic hydroxyl groups is 1. The molecule has 4 aromatic rings. The van der Waals surface area contributed by atoms with Gasteiger partial charge in [-0.05, 0) is 0 Å². The van der Waals surface area contributed by atoms with Crippen LogP contribution in [0.5, 0.6) is 0 Å². The normalized spacial score (nSPS) is 35.4. The van der Waals surface area contributed by atoms with E-state index in [2.05, 4.69) is 29.9 Å². The Morgan fingerprint density at radius 1 is 0.939 bits per heavy atom. The quantitative estimate of drug-likeness (QED) is 0.0860. The summed E-state index contributed by atoms with van der Waals surface area (Å²) in [6, 6.07) is 0. The molecule has 3 fully saturated rings. The van der Waals surface area contributed by atoms with Gasteiger partial charge in [0.1, 0.15) is 30.5 Å². The molecule has 0 amide bonds. The predicted molar refractivity (Wildman–Crippen MR) is 159 cm³/mol. The monoisotopic (exact) mass is 730 g/mol. The first-order valence-electron chi connectivity index (χ1n) is 14.3. The topological polar surface area (TPSA) is 346 Å². The number of rotatable bonds is 3. The van der Waals surface area contributed by atoms with Gasteiger partial charge in [0.2, 0.25) is 11.9 Å². The van der Waals surface area contributed by atoms with Crippen LogP contribution in [-0.4, -0.2) is 111 Å². The van der Waals surface area contributed by atoms with E-state index >= 15 is 0 Å². The number of hydrogen-bond donors (Lipinski definition) is 7. The summed E-state index contributed by atoms with van der Waals surface area (Å²) in [6.45, 7) is -1.62. The highest BCUT2D eigenvalue weighted by Crippen LogP contribution is 2.55. The van der Waals surface area contributed by atoms with Crippen LogP contribution < -0.4 is 22.6 Å². The molecule has 10 atom stereocenters. The molecule has 4 aromatic heterocycles. The smallest absolute Gasteiger partial charge is 0.469 e. The molecule has 9 N–H and O–H groups in total. The second kappa shape index (κ2) is 12.1. The summed E-state index contributed by atoms with van der Waals surface area (Å²) < 4.78 is 62.2. The van der Waals surface area contributed by atoms with E-state index in [9.17, 15) is 38.4 Å². The number of nitrogens with zero attached hydrogens (tertiary/aromatic N) is 6. The summed E-state index contributed by atoms with van der Waals surface area (Å²) in [5.74, 6) is -4.45. The Hall–Kier alpha value is -4.09. The number of hydrogen-bond acceptors (Lipinski definition) is 18. The molecule has 3 aliphatic rings. The third-order valence-electron chi connectivity index (χ3n) is 8.30. The lowest BCUT2D eigenvalue weighted by molar-refractivity contribution is -0.151. The second-order valence-electron chi connectivity index (χ2n) is 11.3. The van der Waals surface area contributed by atoms with Crippen molar-refractivity contribution in [3.8, 4) is 0 Å². The average molecular weight is 730 g/mol. The maximum atomic E-state index is 13.6. The predicted octanol–water partition coefficient (Wildman–Crippen LogP) is -2.30. The van der Waals surface area contributed by atoms with Crippen molar-refractivity contribution in [3.05, 3.63) is 33.4 Å². The van der Waals surface area contributed by atoms with Crippen LogP contribution >= 0.6 is 15.4 Å². The number of phosphoric acid groups is 1. The van der Waals surface area contributed by atoms with Crippen molar-refractivity contribution in [1.29, 1.82) is 0 Å². The van der Waals surface area contributed by atoms with E-state index in [4.69, 9.17) is 39.2 Å². The third kappa shape index (κ3) is 5.94. The van der Waals surface area contributed by atoms with E-state index < -0.39 is 101 Å². The van der Waals surface area contributed by atoms with Gasteiger partial charge >= 0.3 is 21.4 Å². The fourth-order valence-corrected chi connectivity index (χ4v) is 8.54. The Kier molecular flexibility index (Phi) is 8.22. The summed E-state index contributed by atoms with van der Waals surface area (Å²) >= 11 is 0. The highest BCUT2D eigenvalue weighted by molar-refractivity contribution is 7.52. The maximum Gasteiger partial charge on any atom is 0.472 e. The van der Waals surface area contributed by atoms with Gasteiger partial charge in [-0.25, -0.2) is 14.5 Å². The number of imidazole rings is 2. The summed E-state index contributed by atoms with van der Waals surface area (Å²) in [4.78, 5) is 80.5. The molecule has 0 aromatic carbocycles. The molecule has 7 rings (SSSR count). The third-order valence-corrected chi connectivity index (χ3v) is 10.7. The number of aliphatic hydroxyl groups excluding tert-OH is 1. The number of nitrogen functional groups attached to an aromatic ring is 2. The Balaban J connectivity index is 1.25. The fourth-order valence-electron chi connectivity index (χ4n) is 6.16. The first-order chi connectivity index (χ1) is 23.2. The van der Waals surface area contributed by atoms with Crippen molar-refractivity contribution in [2.75, 3.05) is 38.0 Å². The van der Waals surface area contributed by atoms with Crippen LogP contribution in [0, 0.1) is 11.8 Å². The van der Waals surface area contributed by atoms with E-state index in [1.54, 1.807) is 0 Å². The van der Waals surface area contributed by atoms with Gasteiger partial charge < -0.3 is 45.1 Å². The van der Waals surface area contributed by atoms with Gasteiger partial charge in [-0.3, -0.25) is 47.1 Å². The zero-order valence-corrected chi connectivity index (χ0v) is 26.7. The van der Waals surface area contributed by atoms with Crippen LogP contribution in [0.1, 0.15) is 12.5 Å². The highest BCUT2D eigenvalue weighted by Gasteiger charge is 2.56. The van der Waals surface area contributed by atoms with E-state index in [0.29, 0.717) is 0 Å². The van der Waals surface area contributed by atoms with Gasteiger partial charge in [0, 0.05) is 5.92 Å². The SMILES string of the molecule is COC(=O)[C@@H]1[C@@H]2OP(=O)(O)OC[C@H]3O[C@@H](n4cnc5c(=O)[nH]c(N)nc54)[C@H](CP(=O)(O)OC[C@H]2O[C@H]1n1cnc2c(=O)[nH]c(N)nc21)[C@@H]3O. The standard InChI is InChI=1S/C23H28N10O14P2/c1-42-21(37)10-14-9(46-20(10)33-6-27-12-16(33)29-23(25)31-18(12)36)3-43-48(38,39)4-7-13(34)8(2-44-49(40,41)47-14)45-19(7)32-5-26-11-15(32)28-22(24)30-17(11)35/h5-10,13-14,19-20,34H,2-4H2,1H3,(H,38,39)(H,40,41)(H3,24,28,30,35)(H3,25,29,31,36)/t7-,8-,9-,10-,13+,14-,19-,20-/m1/s1. The van der Waals surface area contributed by atoms with E-state index in [1.807, 2.05) is 0 Å². The molecule has 0 radical (unpaired) electrons. The van der Waals surface area contributed by atoms with Crippen molar-refractivity contribution in [1.82, 2.24) is 39.0 Å². The molecule has 264 valence electrons. The molecule has 26 heteroatoms. The molecule has 2 unspecified atom stereocenters. The van der Waals surface area contributed by atoms with Gasteiger partial charge in [-0.15, -0.1) is 0 Å². The Morgan fingerprint density at radius 2 is 1.49 bits per heavy atom. The molecule has 3 saturated heterocycles. The minimum absolute atomic E-state index is 0.0802. The minimum Gasteiger partial charge on any atom is -0.469 e. The van der Waals surface area contributed by atoms with Crippen LogP contribution in [0.25, 0.3) is 22.3 Å². The molecule has 0 aliphatic carbocycles. The number of phosphoric ester groups is 1. The van der Waals surface area contributed by atoms with Crippen LogP contribution in [0.15, 0.2) is 22.2 Å². The van der Waals surface area contributed by atoms with E-state index in [0.717, 1.165) is 24.3 Å². The zero-order chi connectivity index (χ0) is 35.0. The summed E-state index contributed by atoms with van der Waals surface area (Å²) in [5.41, 5.74) is 9.46. The van der Waals surface area contributed by atoms with Gasteiger partial charge in [0.25, 0.3) is 11.1 Å². The minimum atomic E-state index is -5.17. The van der Waals surface area contributed by atoms with E-state index in [1.165, 1.54) is 4.57 Å². The number of carbonyl (C=O) groups is 1. The van der Waals surface area contributed by atoms with E-state index in [-0.39, 0.29) is 34.2 Å². The number of nitrogens with one attached hydrogen (secondary N) is 2. The molecule has 2 bridgehead atoms. The molecular weight excluding hydrogens is 702 g/mol. The van der Waals surface area contributed by atoms with Gasteiger partial charge in [-0.1, -0.05) is 0 Å². The lowest BCUT2D eigenvalue weighted by Crippen LogP contribution is -2.37. The van der Waals surface area contributed by atoms with Crippen LogP contribution in [0.2, 0.25) is 0 Å². The average Bonchev–Trinajstić information content (AvgIpc) is 3.79. The Labute approximate surface area is 271 Å². The Bertz CT molecular complexity index is 2170. The number of anilines is 2. The second-order valence-corrected chi connectivity index (χ2v) is 14.6.